The largest absolute Gasteiger partial charge is 0.460 e. The fourth-order valence-electron chi connectivity index (χ4n) is 3.35. The monoisotopic (exact) mass is 338 g/mol. The maximum absolute atomic E-state index is 11.6. The predicted molar refractivity (Wildman–Crippen MR) is 99.9 cm³/mol. The van der Waals surface area contributed by atoms with E-state index in [4.69, 9.17) is 4.74 Å². The summed E-state index contributed by atoms with van der Waals surface area (Å²) in [5, 5.41) is 9.88. The third-order valence-corrected chi connectivity index (χ3v) is 5.02. The van der Waals surface area contributed by atoms with Gasteiger partial charge in [0.15, 0.2) is 0 Å². The Kier molecular flexibility index (Phi) is 11.9. The Hall–Kier alpha value is -0.830. The molecular formula is C21H38O3. The van der Waals surface area contributed by atoms with Crippen LogP contribution < -0.4 is 0 Å². The highest BCUT2D eigenvalue weighted by Gasteiger charge is 2.40. The van der Waals surface area contributed by atoms with Gasteiger partial charge in [0, 0.05) is 0 Å². The number of aliphatic hydroxyl groups is 1. The van der Waals surface area contributed by atoms with Gasteiger partial charge in [-0.05, 0) is 39.0 Å². The zero-order valence-corrected chi connectivity index (χ0v) is 15.8. The molecule has 1 heterocycles. The number of hydrogen-bond acceptors (Lipinski definition) is 3. The summed E-state index contributed by atoms with van der Waals surface area (Å²) in [5.74, 6) is -0.509. The molecule has 1 N–H and O–H groups in total. The Labute approximate surface area is 148 Å². The Balaban J connectivity index is 1.87. The molecule has 3 heteroatoms. The maximum atomic E-state index is 11.6. The van der Waals surface area contributed by atoms with E-state index in [1.54, 1.807) is 6.92 Å². The minimum atomic E-state index is -0.609. The summed E-state index contributed by atoms with van der Waals surface area (Å²) in [6.45, 7) is 4.02. The molecule has 3 atom stereocenters. The molecule has 1 saturated heterocycles. The van der Waals surface area contributed by atoms with E-state index in [1.165, 1.54) is 64.2 Å². The van der Waals surface area contributed by atoms with Gasteiger partial charge < -0.3 is 9.84 Å². The van der Waals surface area contributed by atoms with Crippen LogP contribution in [0.5, 0.6) is 0 Å². The van der Waals surface area contributed by atoms with E-state index in [1.807, 2.05) is 0 Å². The van der Waals surface area contributed by atoms with E-state index < -0.39 is 6.10 Å². The van der Waals surface area contributed by atoms with Gasteiger partial charge in [-0.1, -0.05) is 70.4 Å². The number of ether oxygens (including phenoxy) is 1. The molecule has 24 heavy (non-hydrogen) atoms. The first kappa shape index (κ1) is 21.2. The number of allylic oxidation sites excluding steroid dienone is 2. The number of carbonyl (C=O) groups is 1. The predicted octanol–water partition coefficient (Wildman–Crippen LogP) is 5.56. The lowest BCUT2D eigenvalue weighted by atomic mass is 9.95. The highest BCUT2D eigenvalue weighted by atomic mass is 16.6. The van der Waals surface area contributed by atoms with Crippen molar-refractivity contribution < 1.29 is 14.6 Å². The van der Waals surface area contributed by atoms with Crippen molar-refractivity contribution in [2.45, 2.75) is 110 Å². The van der Waals surface area contributed by atoms with Crippen molar-refractivity contribution in [2.75, 3.05) is 0 Å². The zero-order chi connectivity index (χ0) is 17.6. The van der Waals surface area contributed by atoms with Crippen molar-refractivity contribution in [3.05, 3.63) is 12.2 Å². The second-order valence-corrected chi connectivity index (χ2v) is 7.26. The van der Waals surface area contributed by atoms with E-state index in [0.29, 0.717) is 0 Å². The molecule has 1 rings (SSSR count). The van der Waals surface area contributed by atoms with Crippen molar-refractivity contribution in [1.29, 1.82) is 0 Å². The molecule has 3 nitrogen and oxygen atoms in total. The molecule has 0 radical (unpaired) electrons. The van der Waals surface area contributed by atoms with Gasteiger partial charge in [0.05, 0.1) is 5.92 Å². The summed E-state index contributed by atoms with van der Waals surface area (Å²) in [5.41, 5.74) is 0. The summed E-state index contributed by atoms with van der Waals surface area (Å²) in [6, 6.07) is 0. The van der Waals surface area contributed by atoms with Crippen LogP contribution in [0.15, 0.2) is 12.2 Å². The van der Waals surface area contributed by atoms with Gasteiger partial charge in [0.2, 0.25) is 0 Å². The molecule has 0 aromatic carbocycles. The van der Waals surface area contributed by atoms with E-state index in [9.17, 15) is 9.90 Å². The molecule has 1 fully saturated rings. The number of carbonyl (C=O) groups excluding carboxylic acids is 1. The second kappa shape index (κ2) is 13.5. The van der Waals surface area contributed by atoms with Crippen LogP contribution in [0, 0.1) is 5.92 Å². The van der Waals surface area contributed by atoms with Crippen LogP contribution >= 0.6 is 0 Å². The number of unbranched alkanes of at least 4 members (excludes halogenated alkanes) is 10. The molecule has 1 aliphatic rings. The zero-order valence-electron chi connectivity index (χ0n) is 15.8. The number of hydrogen-bond donors (Lipinski definition) is 1. The Morgan fingerprint density at radius 2 is 1.46 bits per heavy atom. The first-order valence-electron chi connectivity index (χ1n) is 10.2. The number of aliphatic hydroxyl groups excluding tert-OH is 1. The van der Waals surface area contributed by atoms with Crippen molar-refractivity contribution in [3.8, 4) is 0 Å². The van der Waals surface area contributed by atoms with Crippen LogP contribution in [0.3, 0.4) is 0 Å². The smallest absolute Gasteiger partial charge is 0.312 e. The first-order valence-corrected chi connectivity index (χ1v) is 10.2. The summed E-state index contributed by atoms with van der Waals surface area (Å²) in [7, 11) is 0. The molecule has 0 amide bonds. The number of esters is 1. The lowest BCUT2D eigenvalue weighted by molar-refractivity contribution is -0.143. The summed E-state index contributed by atoms with van der Waals surface area (Å²) in [4.78, 5) is 11.6. The first-order chi connectivity index (χ1) is 11.7. The van der Waals surface area contributed by atoms with E-state index in [0.717, 1.165) is 19.3 Å². The fraction of sp³-hybridized carbons (Fsp3) is 0.857. The molecule has 140 valence electrons. The third-order valence-electron chi connectivity index (χ3n) is 5.02. The topological polar surface area (TPSA) is 46.5 Å². The highest BCUT2D eigenvalue weighted by molar-refractivity contribution is 5.75. The average Bonchev–Trinajstić information content (AvgIpc) is 2.81. The summed E-state index contributed by atoms with van der Waals surface area (Å²) in [6.07, 6.45) is 19.6. The van der Waals surface area contributed by atoms with E-state index >= 15 is 0 Å². The average molecular weight is 339 g/mol. The van der Waals surface area contributed by atoms with Gasteiger partial charge in [-0.2, -0.15) is 0 Å². The molecule has 0 aromatic heterocycles. The third kappa shape index (κ3) is 8.86. The SMILES string of the molecule is CCCCCCCCC=CCCCCCC[C@@H]1C(=O)O[C@@H](C)[C@H]1O. The van der Waals surface area contributed by atoms with Crippen molar-refractivity contribution in [1.82, 2.24) is 0 Å². The van der Waals surface area contributed by atoms with Gasteiger partial charge in [-0.3, -0.25) is 4.79 Å². The standard InChI is InChI=1S/C21H38O3/c1-3-4-5-6-7-8-9-10-11-12-13-14-15-16-17-19-20(22)18(2)24-21(19)23/h10-11,18-20,22H,3-9,12-17H2,1-2H3/t18-,19-,20+/m0/s1. The molecule has 0 aliphatic carbocycles. The second-order valence-electron chi connectivity index (χ2n) is 7.26. The quantitative estimate of drug-likeness (QED) is 0.256. The molecular weight excluding hydrogens is 300 g/mol. The minimum Gasteiger partial charge on any atom is -0.460 e. The maximum Gasteiger partial charge on any atom is 0.312 e. The lowest BCUT2D eigenvalue weighted by Gasteiger charge is -2.11. The molecule has 0 bridgehead atoms. The summed E-state index contributed by atoms with van der Waals surface area (Å²) < 4.78 is 5.06. The Morgan fingerprint density at radius 1 is 0.917 bits per heavy atom. The van der Waals surface area contributed by atoms with Gasteiger partial charge in [-0.15, -0.1) is 0 Å². The van der Waals surface area contributed by atoms with Crippen molar-refractivity contribution in [2.24, 2.45) is 5.92 Å². The number of cyclic esters (lactones) is 1. The van der Waals surface area contributed by atoms with Crippen LogP contribution in [-0.2, 0) is 9.53 Å². The van der Waals surface area contributed by atoms with Crippen LogP contribution in [0.4, 0.5) is 0 Å². The van der Waals surface area contributed by atoms with Gasteiger partial charge >= 0.3 is 5.97 Å². The molecule has 0 saturated carbocycles. The fourth-order valence-corrected chi connectivity index (χ4v) is 3.35. The minimum absolute atomic E-state index is 0.215. The van der Waals surface area contributed by atoms with Gasteiger partial charge in [0.25, 0.3) is 0 Å². The molecule has 0 unspecified atom stereocenters. The molecule has 0 spiro atoms. The van der Waals surface area contributed by atoms with E-state index in [2.05, 4.69) is 19.1 Å². The summed E-state index contributed by atoms with van der Waals surface area (Å²) >= 11 is 0. The van der Waals surface area contributed by atoms with Crippen LogP contribution in [0.2, 0.25) is 0 Å². The van der Waals surface area contributed by atoms with Crippen molar-refractivity contribution in [3.63, 3.8) is 0 Å². The van der Waals surface area contributed by atoms with Gasteiger partial charge in [0.1, 0.15) is 12.2 Å². The highest BCUT2D eigenvalue weighted by Crippen LogP contribution is 2.26. The van der Waals surface area contributed by atoms with Crippen LogP contribution in [0.1, 0.15) is 97.3 Å². The number of rotatable bonds is 14. The normalized spacial score (nSPS) is 24.0. The van der Waals surface area contributed by atoms with Crippen molar-refractivity contribution >= 4 is 5.97 Å². The Morgan fingerprint density at radius 3 is 2.00 bits per heavy atom. The van der Waals surface area contributed by atoms with Crippen LogP contribution in [0.25, 0.3) is 0 Å². The Bertz CT molecular complexity index is 351. The van der Waals surface area contributed by atoms with Crippen LogP contribution in [-0.4, -0.2) is 23.3 Å². The molecule has 1 aliphatic heterocycles. The lowest BCUT2D eigenvalue weighted by Crippen LogP contribution is -2.24. The molecule has 0 aromatic rings. The van der Waals surface area contributed by atoms with Gasteiger partial charge in [-0.25, -0.2) is 0 Å². The van der Waals surface area contributed by atoms with E-state index in [-0.39, 0.29) is 18.0 Å².